The van der Waals surface area contributed by atoms with Crippen molar-refractivity contribution < 1.29 is 0 Å². The van der Waals surface area contributed by atoms with Crippen LogP contribution in [0.1, 0.15) is 12.5 Å². The summed E-state index contributed by atoms with van der Waals surface area (Å²) in [7, 11) is 2.16. The molecule has 3 heteroatoms. The van der Waals surface area contributed by atoms with E-state index >= 15 is 0 Å². The normalized spacial score (nSPS) is 13.1. The minimum Gasteiger partial charge on any atom is -0.330 e. The van der Waals surface area contributed by atoms with Crippen LogP contribution < -0.4 is 5.73 Å². The molecule has 0 saturated heterocycles. The topological polar surface area (TPSA) is 29.3 Å². The summed E-state index contributed by atoms with van der Waals surface area (Å²) in [5, 5.41) is 0. The summed E-state index contributed by atoms with van der Waals surface area (Å²) in [6.07, 6.45) is 1.08. The van der Waals surface area contributed by atoms with Crippen LogP contribution in [-0.2, 0) is 6.42 Å². The van der Waals surface area contributed by atoms with Crippen molar-refractivity contribution in [2.45, 2.75) is 13.3 Å². The third-order valence-corrected chi connectivity index (χ3v) is 3.52. The van der Waals surface area contributed by atoms with Crippen molar-refractivity contribution in [3.8, 4) is 0 Å². The first-order chi connectivity index (χ1) is 7.63. The van der Waals surface area contributed by atoms with E-state index < -0.39 is 0 Å². The average molecular weight is 285 g/mol. The molecule has 0 amide bonds. The van der Waals surface area contributed by atoms with Crippen LogP contribution in [0.3, 0.4) is 0 Å². The molecule has 0 saturated carbocycles. The second kappa shape index (κ2) is 7.05. The molecule has 1 aromatic carbocycles. The molecule has 0 fully saturated rings. The molecule has 0 aliphatic rings. The van der Waals surface area contributed by atoms with Gasteiger partial charge in [0.2, 0.25) is 0 Å². The average Bonchev–Trinajstić information content (AvgIpc) is 2.28. The maximum Gasteiger partial charge on any atom is 0.0207 e. The smallest absolute Gasteiger partial charge is 0.0207 e. The molecule has 1 atom stereocenters. The second-order valence-corrected chi connectivity index (χ2v) is 5.30. The van der Waals surface area contributed by atoms with E-state index in [-0.39, 0.29) is 0 Å². The number of benzene rings is 1. The molecule has 0 aliphatic heterocycles. The van der Waals surface area contributed by atoms with Crippen molar-refractivity contribution in [1.82, 2.24) is 4.90 Å². The fraction of sp³-hybridized carbons (Fsp3) is 0.538. The summed E-state index contributed by atoms with van der Waals surface area (Å²) in [6.45, 7) is 5.10. The third kappa shape index (κ3) is 4.64. The Hall–Kier alpha value is -0.380. The van der Waals surface area contributed by atoms with Crippen LogP contribution in [0.4, 0.5) is 0 Å². The van der Waals surface area contributed by atoms with E-state index in [4.69, 9.17) is 5.73 Å². The summed E-state index contributed by atoms with van der Waals surface area (Å²) in [5.41, 5.74) is 6.99. The van der Waals surface area contributed by atoms with Gasteiger partial charge in [-0.2, -0.15) is 0 Å². The number of likely N-dealkylation sites (N-methyl/N-ethyl adjacent to an activating group) is 1. The van der Waals surface area contributed by atoms with E-state index in [9.17, 15) is 0 Å². The Bertz CT molecular complexity index is 315. The molecule has 2 N–H and O–H groups in total. The highest BCUT2D eigenvalue weighted by Gasteiger charge is 2.05. The quantitative estimate of drug-likeness (QED) is 0.870. The predicted octanol–water partition coefficient (Wildman–Crippen LogP) is 2.52. The van der Waals surface area contributed by atoms with E-state index in [0.29, 0.717) is 5.92 Å². The Morgan fingerprint density at radius 3 is 2.69 bits per heavy atom. The van der Waals surface area contributed by atoms with Gasteiger partial charge in [0.05, 0.1) is 0 Å². The fourth-order valence-corrected chi connectivity index (χ4v) is 2.19. The molecule has 90 valence electrons. The van der Waals surface area contributed by atoms with Gasteiger partial charge in [0.15, 0.2) is 0 Å². The maximum absolute atomic E-state index is 5.62. The Morgan fingerprint density at radius 1 is 1.38 bits per heavy atom. The summed E-state index contributed by atoms with van der Waals surface area (Å²) < 4.78 is 1.20. The molecule has 0 bridgehead atoms. The van der Waals surface area contributed by atoms with E-state index in [2.05, 4.69) is 53.0 Å². The van der Waals surface area contributed by atoms with Crippen LogP contribution in [0.5, 0.6) is 0 Å². The fourth-order valence-electron chi connectivity index (χ4n) is 1.71. The highest BCUT2D eigenvalue weighted by atomic mass is 79.9. The third-order valence-electron chi connectivity index (χ3n) is 2.75. The van der Waals surface area contributed by atoms with E-state index in [1.807, 2.05) is 6.07 Å². The first kappa shape index (κ1) is 13.7. The van der Waals surface area contributed by atoms with Crippen molar-refractivity contribution >= 4 is 15.9 Å². The SMILES string of the molecule is CC(CN)CN(C)CCc1ccccc1Br. The van der Waals surface area contributed by atoms with Crippen molar-refractivity contribution in [3.63, 3.8) is 0 Å². The minimum atomic E-state index is 0.573. The van der Waals surface area contributed by atoms with E-state index in [0.717, 1.165) is 26.1 Å². The van der Waals surface area contributed by atoms with Gasteiger partial charge in [-0.25, -0.2) is 0 Å². The molecular weight excluding hydrogens is 264 g/mol. The highest BCUT2D eigenvalue weighted by molar-refractivity contribution is 9.10. The molecule has 0 heterocycles. The second-order valence-electron chi connectivity index (χ2n) is 4.44. The van der Waals surface area contributed by atoms with Gasteiger partial charge in [0.25, 0.3) is 0 Å². The summed E-state index contributed by atoms with van der Waals surface area (Å²) in [4.78, 5) is 2.34. The largest absolute Gasteiger partial charge is 0.330 e. The molecular formula is C13H21BrN2. The van der Waals surface area contributed by atoms with E-state index in [1.54, 1.807) is 0 Å². The van der Waals surface area contributed by atoms with Crippen LogP contribution in [-0.4, -0.2) is 31.6 Å². The number of hydrogen-bond donors (Lipinski definition) is 1. The van der Waals surface area contributed by atoms with Gasteiger partial charge >= 0.3 is 0 Å². The first-order valence-electron chi connectivity index (χ1n) is 5.75. The molecule has 0 aliphatic carbocycles. The lowest BCUT2D eigenvalue weighted by Gasteiger charge is -2.20. The Morgan fingerprint density at radius 2 is 2.06 bits per heavy atom. The van der Waals surface area contributed by atoms with Crippen LogP contribution >= 0.6 is 15.9 Å². The number of nitrogens with two attached hydrogens (primary N) is 1. The zero-order valence-electron chi connectivity index (χ0n) is 10.1. The lowest BCUT2D eigenvalue weighted by atomic mass is 10.1. The van der Waals surface area contributed by atoms with Crippen LogP contribution in [0, 0.1) is 5.92 Å². The summed E-state index contributed by atoms with van der Waals surface area (Å²) >= 11 is 3.57. The summed E-state index contributed by atoms with van der Waals surface area (Å²) in [5.74, 6) is 0.573. The van der Waals surface area contributed by atoms with E-state index in [1.165, 1.54) is 10.0 Å². The molecule has 1 aromatic rings. The predicted molar refractivity (Wildman–Crippen MR) is 73.6 cm³/mol. The zero-order chi connectivity index (χ0) is 12.0. The Balaban J connectivity index is 2.37. The van der Waals surface area contributed by atoms with Gasteiger partial charge in [-0.05, 0) is 37.6 Å². The lowest BCUT2D eigenvalue weighted by molar-refractivity contribution is 0.292. The monoisotopic (exact) mass is 284 g/mol. The van der Waals surface area contributed by atoms with Gasteiger partial charge in [-0.1, -0.05) is 41.1 Å². The van der Waals surface area contributed by atoms with Crippen molar-refractivity contribution in [2.75, 3.05) is 26.7 Å². The molecule has 0 spiro atoms. The van der Waals surface area contributed by atoms with Crippen molar-refractivity contribution in [2.24, 2.45) is 11.7 Å². The standard InChI is InChI=1S/C13H21BrN2/c1-11(9-15)10-16(2)8-7-12-5-3-4-6-13(12)14/h3-6,11H,7-10,15H2,1-2H3. The van der Waals surface area contributed by atoms with Gasteiger partial charge < -0.3 is 10.6 Å². The van der Waals surface area contributed by atoms with Gasteiger partial charge in [-0.15, -0.1) is 0 Å². The van der Waals surface area contributed by atoms with Gasteiger partial charge in [0.1, 0.15) is 0 Å². The van der Waals surface area contributed by atoms with Crippen LogP contribution in [0.2, 0.25) is 0 Å². The number of hydrogen-bond acceptors (Lipinski definition) is 2. The Labute approximate surface area is 107 Å². The van der Waals surface area contributed by atoms with Gasteiger partial charge in [-0.3, -0.25) is 0 Å². The van der Waals surface area contributed by atoms with Crippen molar-refractivity contribution in [1.29, 1.82) is 0 Å². The van der Waals surface area contributed by atoms with Crippen molar-refractivity contribution in [3.05, 3.63) is 34.3 Å². The van der Waals surface area contributed by atoms with Gasteiger partial charge in [0, 0.05) is 17.6 Å². The Kier molecular flexibility index (Phi) is 6.03. The zero-order valence-corrected chi connectivity index (χ0v) is 11.7. The highest BCUT2D eigenvalue weighted by Crippen LogP contribution is 2.16. The molecule has 0 radical (unpaired) electrons. The summed E-state index contributed by atoms with van der Waals surface area (Å²) in [6, 6.07) is 8.40. The molecule has 2 nitrogen and oxygen atoms in total. The number of halogens is 1. The lowest BCUT2D eigenvalue weighted by Crippen LogP contribution is -2.30. The maximum atomic E-state index is 5.62. The minimum absolute atomic E-state index is 0.573. The first-order valence-corrected chi connectivity index (χ1v) is 6.54. The molecule has 1 unspecified atom stereocenters. The molecule has 0 aromatic heterocycles. The molecule has 16 heavy (non-hydrogen) atoms. The molecule has 1 rings (SSSR count). The van der Waals surface area contributed by atoms with Crippen LogP contribution in [0.25, 0.3) is 0 Å². The van der Waals surface area contributed by atoms with Crippen LogP contribution in [0.15, 0.2) is 28.7 Å². The number of rotatable bonds is 6. The number of nitrogens with zero attached hydrogens (tertiary/aromatic N) is 1.